The normalized spacial score (nSPS) is 17.0. The maximum absolute atomic E-state index is 12.0. The third-order valence-electron chi connectivity index (χ3n) is 5.02. The molecular weight excluding hydrogens is 324 g/mol. The first kappa shape index (κ1) is 16.5. The van der Waals surface area contributed by atoms with Crippen LogP contribution in [0.1, 0.15) is 22.5 Å². The van der Waals surface area contributed by atoms with Gasteiger partial charge in [-0.25, -0.2) is 4.98 Å². The van der Waals surface area contributed by atoms with E-state index in [1.54, 1.807) is 0 Å². The van der Waals surface area contributed by atoms with Crippen LogP contribution in [0.15, 0.2) is 67.0 Å². The van der Waals surface area contributed by atoms with E-state index < -0.39 is 0 Å². The Morgan fingerprint density at radius 2 is 1.77 bits per heavy atom. The van der Waals surface area contributed by atoms with Gasteiger partial charge in [-0.3, -0.25) is 9.69 Å². The summed E-state index contributed by atoms with van der Waals surface area (Å²) >= 11 is 0. The zero-order chi connectivity index (χ0) is 17.9. The van der Waals surface area contributed by atoms with E-state index in [9.17, 15) is 4.79 Å². The number of aromatic nitrogens is 2. The fraction of sp³-hybridized carbons (Fsp3) is 0.238. The molecule has 0 fully saturated rings. The zero-order valence-corrected chi connectivity index (χ0v) is 14.6. The Kier molecular flexibility index (Phi) is 4.54. The molecule has 5 nitrogen and oxygen atoms in total. The number of benzene rings is 2. The quantitative estimate of drug-likeness (QED) is 0.771. The minimum absolute atomic E-state index is 0.277. The number of nitrogens with zero attached hydrogens (tertiary/aromatic N) is 3. The Balaban J connectivity index is 1.57. The van der Waals surface area contributed by atoms with Gasteiger partial charge in [-0.2, -0.15) is 0 Å². The molecule has 5 heteroatoms. The van der Waals surface area contributed by atoms with Gasteiger partial charge in [0, 0.05) is 25.5 Å². The molecule has 1 amide bonds. The van der Waals surface area contributed by atoms with Crippen LogP contribution in [0.3, 0.4) is 0 Å². The fourth-order valence-corrected chi connectivity index (χ4v) is 3.62. The number of amides is 1. The molecule has 1 aromatic heterocycles. The Morgan fingerprint density at radius 3 is 2.54 bits per heavy atom. The van der Waals surface area contributed by atoms with E-state index >= 15 is 0 Å². The summed E-state index contributed by atoms with van der Waals surface area (Å²) < 4.78 is 2.13. The van der Waals surface area contributed by atoms with E-state index in [2.05, 4.69) is 38.7 Å². The van der Waals surface area contributed by atoms with Gasteiger partial charge in [0.1, 0.15) is 5.82 Å². The number of hydrogen-bond acceptors (Lipinski definition) is 3. The summed E-state index contributed by atoms with van der Waals surface area (Å²) in [5.74, 6) is 0.667. The number of carbonyl (C=O) groups is 1. The topological polar surface area (TPSA) is 64.2 Å². The van der Waals surface area contributed by atoms with Gasteiger partial charge in [-0.1, -0.05) is 54.6 Å². The predicted octanol–water partition coefficient (Wildman–Crippen LogP) is 2.34. The Morgan fingerprint density at radius 1 is 1.04 bits per heavy atom. The summed E-state index contributed by atoms with van der Waals surface area (Å²) in [7, 11) is 0. The molecule has 132 valence electrons. The van der Waals surface area contributed by atoms with Crippen LogP contribution in [-0.4, -0.2) is 26.4 Å². The molecule has 0 aliphatic carbocycles. The molecule has 1 aliphatic rings. The molecule has 0 saturated carbocycles. The number of fused-ring (bicyclic) bond motifs is 1. The predicted molar refractivity (Wildman–Crippen MR) is 100 cm³/mol. The van der Waals surface area contributed by atoms with Crippen LogP contribution in [0.4, 0.5) is 0 Å². The summed E-state index contributed by atoms with van der Waals surface area (Å²) in [4.78, 5) is 18.7. The van der Waals surface area contributed by atoms with E-state index in [0.717, 1.165) is 12.4 Å². The molecule has 1 aliphatic heterocycles. The lowest BCUT2D eigenvalue weighted by atomic mass is 9.93. The van der Waals surface area contributed by atoms with Crippen molar-refractivity contribution in [1.82, 2.24) is 14.5 Å². The lowest BCUT2D eigenvalue weighted by Crippen LogP contribution is -2.48. The smallest absolute Gasteiger partial charge is 0.235 e. The minimum atomic E-state index is -0.299. The van der Waals surface area contributed by atoms with Crippen LogP contribution in [0.25, 0.3) is 0 Å². The SMILES string of the molecule is NC(=O)C1Cc2ccccc2CN1Cc1nccn1Cc1ccccc1. The highest BCUT2D eigenvalue weighted by atomic mass is 16.1. The van der Waals surface area contributed by atoms with Crippen molar-refractivity contribution in [2.24, 2.45) is 5.73 Å². The molecule has 26 heavy (non-hydrogen) atoms. The average molecular weight is 346 g/mol. The zero-order valence-electron chi connectivity index (χ0n) is 14.6. The minimum Gasteiger partial charge on any atom is -0.368 e. The third-order valence-corrected chi connectivity index (χ3v) is 5.02. The lowest BCUT2D eigenvalue weighted by Gasteiger charge is -2.34. The van der Waals surface area contributed by atoms with E-state index in [4.69, 9.17) is 5.73 Å². The van der Waals surface area contributed by atoms with Gasteiger partial charge >= 0.3 is 0 Å². The highest BCUT2D eigenvalue weighted by Crippen LogP contribution is 2.24. The van der Waals surface area contributed by atoms with Crippen LogP contribution in [0.5, 0.6) is 0 Å². The van der Waals surface area contributed by atoms with Crippen molar-refractivity contribution in [3.05, 3.63) is 89.5 Å². The van der Waals surface area contributed by atoms with E-state index in [1.807, 2.05) is 42.7 Å². The summed E-state index contributed by atoms with van der Waals surface area (Å²) in [6, 6.07) is 18.3. The van der Waals surface area contributed by atoms with Crippen LogP contribution >= 0.6 is 0 Å². The molecule has 4 rings (SSSR count). The van der Waals surface area contributed by atoms with Gasteiger partial charge in [0.15, 0.2) is 0 Å². The van der Waals surface area contributed by atoms with Crippen LogP contribution in [-0.2, 0) is 30.8 Å². The number of imidazole rings is 1. The average Bonchev–Trinajstić information content (AvgIpc) is 3.08. The summed E-state index contributed by atoms with van der Waals surface area (Å²) in [6.45, 7) is 2.07. The first-order chi connectivity index (χ1) is 12.7. The largest absolute Gasteiger partial charge is 0.368 e. The van der Waals surface area contributed by atoms with Crippen molar-refractivity contribution in [2.75, 3.05) is 0 Å². The number of hydrogen-bond donors (Lipinski definition) is 1. The maximum Gasteiger partial charge on any atom is 0.235 e. The number of nitrogens with two attached hydrogens (primary N) is 1. The monoisotopic (exact) mass is 346 g/mol. The second kappa shape index (κ2) is 7.14. The first-order valence-electron chi connectivity index (χ1n) is 8.85. The molecule has 2 aromatic carbocycles. The van der Waals surface area contributed by atoms with Crippen molar-refractivity contribution in [1.29, 1.82) is 0 Å². The van der Waals surface area contributed by atoms with Crippen molar-refractivity contribution in [3.63, 3.8) is 0 Å². The van der Waals surface area contributed by atoms with Crippen molar-refractivity contribution >= 4 is 5.91 Å². The van der Waals surface area contributed by atoms with Crippen LogP contribution < -0.4 is 5.73 Å². The van der Waals surface area contributed by atoms with Gasteiger partial charge in [0.25, 0.3) is 0 Å². The van der Waals surface area contributed by atoms with Gasteiger partial charge in [-0.15, -0.1) is 0 Å². The maximum atomic E-state index is 12.0. The third kappa shape index (κ3) is 3.39. The lowest BCUT2D eigenvalue weighted by molar-refractivity contribution is -0.124. The summed E-state index contributed by atoms with van der Waals surface area (Å²) in [5, 5.41) is 0. The molecule has 0 saturated heterocycles. The van der Waals surface area contributed by atoms with Crippen molar-refractivity contribution < 1.29 is 4.79 Å². The van der Waals surface area contributed by atoms with E-state index in [1.165, 1.54) is 16.7 Å². The van der Waals surface area contributed by atoms with Gasteiger partial charge in [0.2, 0.25) is 5.91 Å². The fourth-order valence-electron chi connectivity index (χ4n) is 3.62. The van der Waals surface area contributed by atoms with Crippen molar-refractivity contribution in [2.45, 2.75) is 32.1 Å². The van der Waals surface area contributed by atoms with Crippen LogP contribution in [0.2, 0.25) is 0 Å². The standard InChI is InChI=1S/C21H22N4O/c22-21(26)19-12-17-8-4-5-9-18(17)14-25(19)15-20-23-10-11-24(20)13-16-6-2-1-3-7-16/h1-11,19H,12-15H2,(H2,22,26). The Labute approximate surface area is 153 Å². The molecule has 0 bridgehead atoms. The second-order valence-corrected chi connectivity index (χ2v) is 6.75. The highest BCUT2D eigenvalue weighted by molar-refractivity contribution is 5.80. The number of primary amides is 1. The van der Waals surface area contributed by atoms with Gasteiger partial charge < -0.3 is 10.3 Å². The van der Waals surface area contributed by atoms with E-state index in [-0.39, 0.29) is 11.9 Å². The second-order valence-electron chi connectivity index (χ2n) is 6.75. The number of carbonyl (C=O) groups excluding carboxylic acids is 1. The summed E-state index contributed by atoms with van der Waals surface area (Å²) in [5.41, 5.74) is 9.39. The first-order valence-corrected chi connectivity index (χ1v) is 8.85. The molecule has 1 unspecified atom stereocenters. The molecule has 2 N–H and O–H groups in total. The molecule has 0 spiro atoms. The summed E-state index contributed by atoms with van der Waals surface area (Å²) in [6.07, 6.45) is 4.46. The molecule has 2 heterocycles. The molecule has 1 atom stereocenters. The van der Waals surface area contributed by atoms with Gasteiger partial charge in [-0.05, 0) is 23.1 Å². The molecule has 3 aromatic rings. The van der Waals surface area contributed by atoms with Crippen LogP contribution in [0, 0.1) is 0 Å². The molecular formula is C21H22N4O. The Hall–Kier alpha value is -2.92. The number of rotatable bonds is 5. The van der Waals surface area contributed by atoms with Crippen molar-refractivity contribution in [3.8, 4) is 0 Å². The van der Waals surface area contributed by atoms with E-state index in [0.29, 0.717) is 19.5 Å². The molecule has 0 radical (unpaired) electrons. The highest BCUT2D eigenvalue weighted by Gasteiger charge is 2.30. The van der Waals surface area contributed by atoms with Gasteiger partial charge in [0.05, 0.1) is 12.6 Å². The Bertz CT molecular complexity index is 903.